The Labute approximate surface area is 153 Å². The van der Waals surface area contributed by atoms with Crippen LogP contribution in [0.25, 0.3) is 10.8 Å². The third-order valence-electron chi connectivity index (χ3n) is 3.51. The second-order valence-corrected chi connectivity index (χ2v) is 5.04. The Morgan fingerprint density at radius 3 is 2.48 bits per heavy atom. The summed E-state index contributed by atoms with van der Waals surface area (Å²) >= 11 is 0. The summed E-state index contributed by atoms with van der Waals surface area (Å²) in [6.45, 7) is 1.34. The minimum Gasteiger partial charge on any atom is -0.467 e. The molecule has 0 unspecified atom stereocenters. The lowest BCUT2D eigenvalue weighted by atomic mass is 10.1. The van der Waals surface area contributed by atoms with E-state index in [1.165, 1.54) is 16.3 Å². The van der Waals surface area contributed by atoms with E-state index in [0.717, 1.165) is 18.3 Å². The Hall–Kier alpha value is -2.02. The molecular formula is C18H20IN3O. The van der Waals surface area contributed by atoms with Gasteiger partial charge in [0.15, 0.2) is 5.96 Å². The Balaban J connectivity index is 0.00000192. The monoisotopic (exact) mass is 421 g/mol. The maximum atomic E-state index is 5.29. The molecule has 3 rings (SSSR count). The van der Waals surface area contributed by atoms with Crippen molar-refractivity contribution in [3.05, 3.63) is 72.2 Å². The van der Waals surface area contributed by atoms with Gasteiger partial charge in [-0.1, -0.05) is 36.4 Å². The lowest BCUT2D eigenvalue weighted by Gasteiger charge is -2.11. The van der Waals surface area contributed by atoms with Crippen molar-refractivity contribution in [2.45, 2.75) is 13.1 Å². The minimum absolute atomic E-state index is 0. The van der Waals surface area contributed by atoms with Crippen LogP contribution in [-0.2, 0) is 13.1 Å². The van der Waals surface area contributed by atoms with Crippen molar-refractivity contribution in [3.63, 3.8) is 0 Å². The summed E-state index contributed by atoms with van der Waals surface area (Å²) in [6.07, 6.45) is 1.67. The van der Waals surface area contributed by atoms with Gasteiger partial charge in [0.2, 0.25) is 0 Å². The molecular weight excluding hydrogens is 401 g/mol. The molecule has 0 fully saturated rings. The Morgan fingerprint density at radius 1 is 0.957 bits per heavy atom. The molecule has 2 N–H and O–H groups in total. The van der Waals surface area contributed by atoms with Crippen LogP contribution in [0.2, 0.25) is 0 Å². The molecule has 0 bridgehead atoms. The van der Waals surface area contributed by atoms with E-state index in [0.29, 0.717) is 6.54 Å². The highest BCUT2D eigenvalue weighted by atomic mass is 127. The summed E-state index contributed by atoms with van der Waals surface area (Å²) in [7, 11) is 1.76. The third-order valence-corrected chi connectivity index (χ3v) is 3.51. The Morgan fingerprint density at radius 2 is 1.74 bits per heavy atom. The normalized spacial score (nSPS) is 11.1. The van der Waals surface area contributed by atoms with E-state index in [-0.39, 0.29) is 24.0 Å². The topological polar surface area (TPSA) is 49.6 Å². The second kappa shape index (κ2) is 8.57. The molecule has 2 aromatic carbocycles. The molecule has 0 saturated carbocycles. The van der Waals surface area contributed by atoms with E-state index in [2.05, 4.69) is 58.1 Å². The van der Waals surface area contributed by atoms with Crippen molar-refractivity contribution >= 4 is 40.7 Å². The standard InChI is InChI=1S/C18H19N3O.HI/c1-19-18(21-13-17-7-4-10-22-17)20-12-14-8-9-15-5-2-3-6-16(15)11-14;/h2-11H,12-13H2,1H3,(H2,19,20,21);1H. The SMILES string of the molecule is CN=C(NCc1ccc2ccccc2c1)NCc1ccco1.I. The average Bonchev–Trinajstić information content (AvgIpc) is 3.08. The zero-order valence-corrected chi connectivity index (χ0v) is 15.3. The maximum Gasteiger partial charge on any atom is 0.191 e. The van der Waals surface area contributed by atoms with Crippen LogP contribution in [0.5, 0.6) is 0 Å². The first-order chi connectivity index (χ1) is 10.8. The molecule has 0 atom stereocenters. The first kappa shape index (κ1) is 17.3. The molecule has 1 aromatic heterocycles. The summed E-state index contributed by atoms with van der Waals surface area (Å²) in [5, 5.41) is 9.04. The molecule has 23 heavy (non-hydrogen) atoms. The molecule has 0 aliphatic rings. The van der Waals surface area contributed by atoms with Crippen molar-refractivity contribution in [2.24, 2.45) is 4.99 Å². The molecule has 4 nitrogen and oxygen atoms in total. The van der Waals surface area contributed by atoms with Crippen LogP contribution in [0.3, 0.4) is 0 Å². The number of benzene rings is 2. The summed E-state index contributed by atoms with van der Waals surface area (Å²) in [5.74, 6) is 1.64. The first-order valence-electron chi connectivity index (χ1n) is 7.30. The fourth-order valence-corrected chi connectivity index (χ4v) is 2.34. The summed E-state index contributed by atoms with van der Waals surface area (Å²) in [5.41, 5.74) is 1.22. The largest absolute Gasteiger partial charge is 0.467 e. The van der Waals surface area contributed by atoms with Crippen LogP contribution in [0.1, 0.15) is 11.3 Å². The predicted octanol–water partition coefficient (Wildman–Crippen LogP) is 3.92. The number of nitrogens with one attached hydrogen (secondary N) is 2. The van der Waals surface area contributed by atoms with Gasteiger partial charge in [-0.15, -0.1) is 24.0 Å². The maximum absolute atomic E-state index is 5.29. The predicted molar refractivity (Wildman–Crippen MR) is 105 cm³/mol. The van der Waals surface area contributed by atoms with Crippen molar-refractivity contribution in [3.8, 4) is 0 Å². The van der Waals surface area contributed by atoms with Crippen LogP contribution in [0.15, 0.2) is 70.3 Å². The molecule has 0 aliphatic heterocycles. The number of hydrogen-bond donors (Lipinski definition) is 2. The number of guanidine groups is 1. The molecule has 0 saturated heterocycles. The van der Waals surface area contributed by atoms with E-state index in [1.54, 1.807) is 13.3 Å². The van der Waals surface area contributed by atoms with Gasteiger partial charge < -0.3 is 15.1 Å². The fraction of sp³-hybridized carbons (Fsp3) is 0.167. The number of hydrogen-bond acceptors (Lipinski definition) is 2. The van der Waals surface area contributed by atoms with Crippen LogP contribution in [0, 0.1) is 0 Å². The second-order valence-electron chi connectivity index (χ2n) is 5.04. The number of rotatable bonds is 4. The van der Waals surface area contributed by atoms with Gasteiger partial charge in [-0.2, -0.15) is 0 Å². The third kappa shape index (κ3) is 4.72. The zero-order valence-electron chi connectivity index (χ0n) is 13.0. The van der Waals surface area contributed by atoms with Gasteiger partial charge in [-0.25, -0.2) is 0 Å². The average molecular weight is 421 g/mol. The highest BCUT2D eigenvalue weighted by Gasteiger charge is 2.01. The molecule has 3 aromatic rings. The van der Waals surface area contributed by atoms with Crippen LogP contribution < -0.4 is 10.6 Å². The van der Waals surface area contributed by atoms with Gasteiger partial charge in [-0.05, 0) is 34.5 Å². The summed E-state index contributed by atoms with van der Waals surface area (Å²) in [6, 6.07) is 18.7. The molecule has 0 radical (unpaired) electrons. The van der Waals surface area contributed by atoms with Crippen LogP contribution in [-0.4, -0.2) is 13.0 Å². The number of fused-ring (bicyclic) bond motifs is 1. The smallest absolute Gasteiger partial charge is 0.191 e. The lowest BCUT2D eigenvalue weighted by molar-refractivity contribution is 0.501. The fourth-order valence-electron chi connectivity index (χ4n) is 2.34. The lowest BCUT2D eigenvalue weighted by Crippen LogP contribution is -2.36. The number of aliphatic imine (C=N–C) groups is 1. The van der Waals surface area contributed by atoms with Crippen molar-refractivity contribution < 1.29 is 4.42 Å². The van der Waals surface area contributed by atoms with E-state index in [9.17, 15) is 0 Å². The van der Waals surface area contributed by atoms with Gasteiger partial charge in [0, 0.05) is 13.6 Å². The Bertz CT molecular complexity index is 769. The van der Waals surface area contributed by atoms with Gasteiger partial charge in [0.25, 0.3) is 0 Å². The van der Waals surface area contributed by atoms with Gasteiger partial charge >= 0.3 is 0 Å². The summed E-state index contributed by atoms with van der Waals surface area (Å²) in [4.78, 5) is 4.22. The first-order valence-corrected chi connectivity index (χ1v) is 7.30. The number of nitrogens with zero attached hydrogens (tertiary/aromatic N) is 1. The quantitative estimate of drug-likeness (QED) is 0.382. The Kier molecular flexibility index (Phi) is 6.46. The van der Waals surface area contributed by atoms with E-state index >= 15 is 0 Å². The molecule has 0 aliphatic carbocycles. The minimum atomic E-state index is 0. The highest BCUT2D eigenvalue weighted by molar-refractivity contribution is 14.0. The molecule has 120 valence electrons. The number of halogens is 1. The molecule has 1 heterocycles. The van der Waals surface area contributed by atoms with Gasteiger partial charge in [0.1, 0.15) is 5.76 Å². The van der Waals surface area contributed by atoms with Crippen molar-refractivity contribution in [1.29, 1.82) is 0 Å². The molecule has 5 heteroatoms. The highest BCUT2D eigenvalue weighted by Crippen LogP contribution is 2.15. The molecule has 0 spiro atoms. The zero-order chi connectivity index (χ0) is 15.2. The van der Waals surface area contributed by atoms with E-state index in [1.807, 2.05) is 12.1 Å². The number of furan rings is 1. The summed E-state index contributed by atoms with van der Waals surface area (Å²) < 4.78 is 5.29. The van der Waals surface area contributed by atoms with Crippen molar-refractivity contribution in [1.82, 2.24) is 10.6 Å². The van der Waals surface area contributed by atoms with E-state index < -0.39 is 0 Å². The van der Waals surface area contributed by atoms with Crippen LogP contribution in [0.4, 0.5) is 0 Å². The van der Waals surface area contributed by atoms with E-state index in [4.69, 9.17) is 4.42 Å². The van der Waals surface area contributed by atoms with Gasteiger partial charge in [-0.3, -0.25) is 4.99 Å². The van der Waals surface area contributed by atoms with Crippen molar-refractivity contribution in [2.75, 3.05) is 7.05 Å². The molecule has 0 amide bonds. The van der Waals surface area contributed by atoms with Crippen LogP contribution >= 0.6 is 24.0 Å². The van der Waals surface area contributed by atoms with Gasteiger partial charge in [0.05, 0.1) is 12.8 Å².